The van der Waals surface area contributed by atoms with Gasteiger partial charge in [0.05, 0.1) is 5.41 Å². The molecule has 1 aromatic rings. The van der Waals surface area contributed by atoms with Gasteiger partial charge in [0.2, 0.25) is 0 Å². The van der Waals surface area contributed by atoms with Crippen LogP contribution in [0.2, 0.25) is 0 Å². The van der Waals surface area contributed by atoms with Gasteiger partial charge in [-0.25, -0.2) is 0 Å². The zero-order valence-corrected chi connectivity index (χ0v) is 12.1. The van der Waals surface area contributed by atoms with Crippen LogP contribution in [0.1, 0.15) is 45.6 Å². The number of carboxylic acid groups (broad SMARTS) is 1. The molecule has 2 atom stereocenters. The molecule has 0 aromatic heterocycles. The number of benzene rings is 1. The van der Waals surface area contributed by atoms with Crippen LogP contribution in [0.5, 0.6) is 0 Å². The molecule has 0 bridgehead atoms. The molecule has 1 saturated carbocycles. The summed E-state index contributed by atoms with van der Waals surface area (Å²) < 4.78 is 0. The molecule has 1 aromatic carbocycles. The molecule has 19 heavy (non-hydrogen) atoms. The van der Waals surface area contributed by atoms with Crippen LogP contribution in [0.25, 0.3) is 0 Å². The number of aryl methyl sites for hydroxylation is 1. The number of hydrogen-bond donors (Lipinski definition) is 1. The van der Waals surface area contributed by atoms with E-state index in [0.717, 1.165) is 25.7 Å². The highest BCUT2D eigenvalue weighted by atomic mass is 16.4. The second kappa shape index (κ2) is 4.99. The summed E-state index contributed by atoms with van der Waals surface area (Å²) in [7, 11) is 0. The van der Waals surface area contributed by atoms with E-state index in [1.54, 1.807) is 0 Å². The van der Waals surface area contributed by atoms with Gasteiger partial charge in [-0.3, -0.25) is 4.79 Å². The minimum atomic E-state index is -0.639. The molecular weight excluding hydrogens is 236 g/mol. The second-order valence-electron chi connectivity index (χ2n) is 6.62. The quantitative estimate of drug-likeness (QED) is 0.883. The molecule has 0 aliphatic heterocycles. The van der Waals surface area contributed by atoms with Crippen LogP contribution in [-0.4, -0.2) is 11.1 Å². The van der Waals surface area contributed by atoms with Crippen LogP contribution in [-0.2, 0) is 11.2 Å². The van der Waals surface area contributed by atoms with Gasteiger partial charge < -0.3 is 5.11 Å². The molecule has 0 saturated heterocycles. The zero-order chi connectivity index (χ0) is 14.1. The highest BCUT2D eigenvalue weighted by Gasteiger charge is 2.55. The fraction of sp³-hybridized carbons (Fsp3) is 0.588. The molecule has 104 valence electrons. The van der Waals surface area contributed by atoms with Crippen molar-refractivity contribution >= 4 is 5.97 Å². The Balaban J connectivity index is 2.05. The van der Waals surface area contributed by atoms with Crippen LogP contribution in [0, 0.1) is 16.7 Å². The van der Waals surface area contributed by atoms with Gasteiger partial charge in [-0.15, -0.1) is 0 Å². The first-order chi connectivity index (χ1) is 8.88. The van der Waals surface area contributed by atoms with E-state index in [1.165, 1.54) is 5.56 Å². The van der Waals surface area contributed by atoms with Gasteiger partial charge in [0.1, 0.15) is 0 Å². The van der Waals surface area contributed by atoms with Gasteiger partial charge in [0.25, 0.3) is 0 Å². The van der Waals surface area contributed by atoms with Crippen molar-refractivity contribution in [3.63, 3.8) is 0 Å². The maximum absolute atomic E-state index is 11.6. The van der Waals surface area contributed by atoms with Crippen LogP contribution in [0.3, 0.4) is 0 Å². The first-order valence-electron chi connectivity index (χ1n) is 7.15. The smallest absolute Gasteiger partial charge is 0.309 e. The molecule has 1 aliphatic carbocycles. The predicted molar refractivity (Wildman–Crippen MR) is 77.0 cm³/mol. The minimum absolute atomic E-state index is 0.131. The Morgan fingerprint density at radius 1 is 1.26 bits per heavy atom. The molecule has 2 nitrogen and oxygen atoms in total. The molecule has 1 N–H and O–H groups in total. The van der Waals surface area contributed by atoms with Gasteiger partial charge in [-0.2, -0.15) is 0 Å². The monoisotopic (exact) mass is 260 g/mol. The maximum atomic E-state index is 11.6. The summed E-state index contributed by atoms with van der Waals surface area (Å²) >= 11 is 0. The van der Waals surface area contributed by atoms with E-state index in [9.17, 15) is 9.90 Å². The summed E-state index contributed by atoms with van der Waals surface area (Å²) in [6.07, 6.45) is 3.96. The van der Waals surface area contributed by atoms with Crippen molar-refractivity contribution in [2.75, 3.05) is 0 Å². The topological polar surface area (TPSA) is 37.3 Å². The Morgan fingerprint density at radius 2 is 1.89 bits per heavy atom. The molecular formula is C17H24O2. The number of rotatable bonds is 4. The molecule has 0 heterocycles. The normalized spacial score (nSPS) is 29.3. The largest absolute Gasteiger partial charge is 0.481 e. The minimum Gasteiger partial charge on any atom is -0.481 e. The number of carboxylic acids is 1. The van der Waals surface area contributed by atoms with E-state index >= 15 is 0 Å². The van der Waals surface area contributed by atoms with E-state index < -0.39 is 11.4 Å². The lowest BCUT2D eigenvalue weighted by molar-refractivity contribution is -0.154. The molecule has 2 rings (SSSR count). The van der Waals surface area contributed by atoms with Crippen molar-refractivity contribution in [3.05, 3.63) is 35.9 Å². The van der Waals surface area contributed by atoms with E-state index in [4.69, 9.17) is 0 Å². The van der Waals surface area contributed by atoms with Crippen LogP contribution < -0.4 is 0 Å². The van der Waals surface area contributed by atoms with Gasteiger partial charge in [0, 0.05) is 0 Å². The van der Waals surface area contributed by atoms with Crippen molar-refractivity contribution in [2.24, 2.45) is 16.7 Å². The fourth-order valence-electron chi connectivity index (χ4n) is 3.47. The first kappa shape index (κ1) is 14.1. The van der Waals surface area contributed by atoms with Crippen molar-refractivity contribution in [2.45, 2.75) is 46.5 Å². The first-order valence-corrected chi connectivity index (χ1v) is 7.15. The van der Waals surface area contributed by atoms with Gasteiger partial charge in [0.15, 0.2) is 0 Å². The lowest BCUT2D eigenvalue weighted by Crippen LogP contribution is -2.40. The standard InChI is InChI=1S/C17H24O2/c1-16(2)14(11-12-17(16,3)15(18)19)10-9-13-7-5-4-6-8-13/h4-8,14H,9-12H2,1-3H3,(H,18,19)/t14-,17+/m1/s1. The molecule has 0 amide bonds. The van der Waals surface area contributed by atoms with Crippen molar-refractivity contribution in [1.29, 1.82) is 0 Å². The SMILES string of the molecule is CC1(C)[C@H](CCc2ccccc2)CC[C@@]1(C)C(=O)O. The van der Waals surface area contributed by atoms with Crippen LogP contribution in [0.15, 0.2) is 30.3 Å². The molecule has 1 aliphatic rings. The van der Waals surface area contributed by atoms with Crippen LogP contribution in [0.4, 0.5) is 0 Å². The predicted octanol–water partition coefficient (Wildman–Crippen LogP) is 4.15. The Morgan fingerprint density at radius 3 is 2.42 bits per heavy atom. The summed E-state index contributed by atoms with van der Waals surface area (Å²) in [5.41, 5.74) is 0.643. The molecule has 0 spiro atoms. The van der Waals surface area contributed by atoms with Gasteiger partial charge in [-0.1, -0.05) is 44.2 Å². The maximum Gasteiger partial charge on any atom is 0.309 e. The number of hydrogen-bond acceptors (Lipinski definition) is 1. The molecule has 0 unspecified atom stereocenters. The van der Waals surface area contributed by atoms with Crippen molar-refractivity contribution < 1.29 is 9.90 Å². The number of aliphatic carboxylic acids is 1. The lowest BCUT2D eigenvalue weighted by atomic mass is 9.65. The molecule has 1 fully saturated rings. The second-order valence-corrected chi connectivity index (χ2v) is 6.62. The Labute approximate surface area is 115 Å². The van der Waals surface area contributed by atoms with Crippen molar-refractivity contribution in [1.82, 2.24) is 0 Å². The lowest BCUT2D eigenvalue weighted by Gasteiger charge is -2.38. The summed E-state index contributed by atoms with van der Waals surface area (Å²) in [5.74, 6) is -0.145. The zero-order valence-electron chi connectivity index (χ0n) is 12.1. The summed E-state index contributed by atoms with van der Waals surface area (Å²) in [6.45, 7) is 6.17. The summed E-state index contributed by atoms with van der Waals surface area (Å²) in [5, 5.41) is 9.51. The van der Waals surface area contributed by atoms with E-state index in [1.807, 2.05) is 13.0 Å². The highest BCUT2D eigenvalue weighted by Crippen LogP contribution is 2.57. The number of carbonyl (C=O) groups is 1. The Hall–Kier alpha value is -1.31. The average Bonchev–Trinajstić information content (AvgIpc) is 2.61. The van der Waals surface area contributed by atoms with Gasteiger partial charge >= 0.3 is 5.97 Å². The Bertz CT molecular complexity index is 450. The molecule has 2 heteroatoms. The van der Waals surface area contributed by atoms with Gasteiger partial charge in [-0.05, 0) is 49.5 Å². The highest BCUT2D eigenvalue weighted by molar-refractivity contribution is 5.75. The summed E-state index contributed by atoms with van der Waals surface area (Å²) in [6, 6.07) is 10.5. The third kappa shape index (κ3) is 2.41. The van der Waals surface area contributed by atoms with Crippen LogP contribution >= 0.6 is 0 Å². The van der Waals surface area contributed by atoms with Crippen molar-refractivity contribution in [3.8, 4) is 0 Å². The average molecular weight is 260 g/mol. The summed E-state index contributed by atoms with van der Waals surface area (Å²) in [4.78, 5) is 11.6. The fourth-order valence-corrected chi connectivity index (χ4v) is 3.47. The van der Waals surface area contributed by atoms with E-state index in [-0.39, 0.29) is 5.41 Å². The van der Waals surface area contributed by atoms with E-state index in [2.05, 4.69) is 38.1 Å². The Kier molecular flexibility index (Phi) is 3.71. The van der Waals surface area contributed by atoms with E-state index in [0.29, 0.717) is 5.92 Å². The third-order valence-corrected chi connectivity index (χ3v) is 5.53. The molecule has 0 radical (unpaired) electrons. The third-order valence-electron chi connectivity index (χ3n) is 5.53.